The SMILES string of the molecule is Cl.O=C(CC1CCNCC1)NCC1CCC(CO)CC1. The van der Waals surface area contributed by atoms with E-state index in [4.69, 9.17) is 5.11 Å². The molecule has 1 aliphatic carbocycles. The van der Waals surface area contributed by atoms with Crippen LogP contribution in [0, 0.1) is 17.8 Å². The molecule has 3 N–H and O–H groups in total. The maximum atomic E-state index is 11.9. The van der Waals surface area contributed by atoms with E-state index in [-0.39, 0.29) is 18.3 Å². The Morgan fingerprint density at radius 2 is 1.60 bits per heavy atom. The molecule has 0 spiro atoms. The van der Waals surface area contributed by atoms with E-state index in [0.29, 0.717) is 30.8 Å². The Hall–Kier alpha value is -0.320. The zero-order chi connectivity index (χ0) is 13.5. The summed E-state index contributed by atoms with van der Waals surface area (Å²) in [6.07, 6.45) is 7.51. The average molecular weight is 305 g/mol. The summed E-state index contributed by atoms with van der Waals surface area (Å²) < 4.78 is 0. The number of amides is 1. The zero-order valence-corrected chi connectivity index (χ0v) is 13.1. The van der Waals surface area contributed by atoms with E-state index in [2.05, 4.69) is 10.6 Å². The van der Waals surface area contributed by atoms with Gasteiger partial charge in [-0.05, 0) is 69.4 Å². The van der Waals surface area contributed by atoms with Crippen LogP contribution in [0.15, 0.2) is 0 Å². The normalized spacial score (nSPS) is 27.6. The fourth-order valence-electron chi connectivity index (χ4n) is 3.30. The van der Waals surface area contributed by atoms with E-state index in [0.717, 1.165) is 58.2 Å². The Balaban J connectivity index is 0.00000200. The van der Waals surface area contributed by atoms with Crippen molar-refractivity contribution in [2.75, 3.05) is 26.2 Å². The summed E-state index contributed by atoms with van der Waals surface area (Å²) in [7, 11) is 0. The highest BCUT2D eigenvalue weighted by molar-refractivity contribution is 5.85. The number of halogens is 1. The van der Waals surface area contributed by atoms with Crippen LogP contribution < -0.4 is 10.6 Å². The molecule has 0 aromatic rings. The Kier molecular flexibility index (Phi) is 8.50. The van der Waals surface area contributed by atoms with Crippen molar-refractivity contribution in [2.45, 2.75) is 44.9 Å². The van der Waals surface area contributed by atoms with Gasteiger partial charge in [0.1, 0.15) is 0 Å². The molecule has 5 heteroatoms. The van der Waals surface area contributed by atoms with Gasteiger partial charge in [0.05, 0.1) is 0 Å². The summed E-state index contributed by atoms with van der Waals surface area (Å²) in [4.78, 5) is 11.9. The number of aliphatic hydroxyl groups excluding tert-OH is 1. The van der Waals surface area contributed by atoms with Crippen molar-refractivity contribution in [3.63, 3.8) is 0 Å². The van der Waals surface area contributed by atoms with Crippen LogP contribution in [0.25, 0.3) is 0 Å². The molecular formula is C15H29ClN2O2. The van der Waals surface area contributed by atoms with Crippen molar-refractivity contribution in [3.05, 3.63) is 0 Å². The monoisotopic (exact) mass is 304 g/mol. The van der Waals surface area contributed by atoms with Crippen molar-refractivity contribution in [1.29, 1.82) is 0 Å². The minimum absolute atomic E-state index is 0. The molecule has 2 fully saturated rings. The number of carbonyl (C=O) groups excluding carboxylic acids is 1. The standard InChI is InChI=1S/C15H28N2O2.ClH/c18-11-14-3-1-13(2-4-14)10-17-15(19)9-12-5-7-16-8-6-12;/h12-14,16,18H,1-11H2,(H,17,19);1H. The summed E-state index contributed by atoms with van der Waals surface area (Å²) in [5, 5.41) is 15.5. The Morgan fingerprint density at radius 3 is 2.20 bits per heavy atom. The van der Waals surface area contributed by atoms with E-state index in [1.807, 2.05) is 0 Å². The van der Waals surface area contributed by atoms with Crippen molar-refractivity contribution >= 4 is 18.3 Å². The first-order chi connectivity index (χ1) is 9.28. The molecule has 1 heterocycles. The second-order valence-corrected chi connectivity index (χ2v) is 6.27. The van der Waals surface area contributed by atoms with Crippen molar-refractivity contribution in [3.8, 4) is 0 Å². The summed E-state index contributed by atoms with van der Waals surface area (Å²) in [5.41, 5.74) is 0. The number of piperidine rings is 1. The second kappa shape index (κ2) is 9.59. The van der Waals surface area contributed by atoms with Crippen LogP contribution in [0.1, 0.15) is 44.9 Å². The largest absolute Gasteiger partial charge is 0.396 e. The second-order valence-electron chi connectivity index (χ2n) is 6.27. The van der Waals surface area contributed by atoms with Crippen LogP contribution in [-0.2, 0) is 4.79 Å². The Bertz CT molecular complexity index is 275. The highest BCUT2D eigenvalue weighted by atomic mass is 35.5. The van der Waals surface area contributed by atoms with Crippen LogP contribution in [-0.4, -0.2) is 37.3 Å². The van der Waals surface area contributed by atoms with Gasteiger partial charge in [-0.2, -0.15) is 0 Å². The number of rotatable bonds is 5. The quantitative estimate of drug-likeness (QED) is 0.725. The molecule has 4 nitrogen and oxygen atoms in total. The van der Waals surface area contributed by atoms with Gasteiger partial charge in [-0.25, -0.2) is 0 Å². The number of nitrogens with one attached hydrogen (secondary N) is 2. The molecule has 1 amide bonds. The summed E-state index contributed by atoms with van der Waals surface area (Å²) in [6.45, 7) is 3.28. The van der Waals surface area contributed by atoms with Crippen LogP contribution in [0.3, 0.4) is 0 Å². The Morgan fingerprint density at radius 1 is 1.00 bits per heavy atom. The third kappa shape index (κ3) is 5.98. The summed E-state index contributed by atoms with van der Waals surface area (Å²) >= 11 is 0. The summed E-state index contributed by atoms with van der Waals surface area (Å²) in [6, 6.07) is 0. The predicted molar refractivity (Wildman–Crippen MR) is 83.0 cm³/mol. The first-order valence-electron chi connectivity index (χ1n) is 7.86. The van der Waals surface area contributed by atoms with Crippen LogP contribution in [0.5, 0.6) is 0 Å². The first-order valence-corrected chi connectivity index (χ1v) is 7.86. The van der Waals surface area contributed by atoms with Gasteiger partial charge in [-0.1, -0.05) is 0 Å². The maximum Gasteiger partial charge on any atom is 0.220 e. The molecule has 0 aromatic carbocycles. The van der Waals surface area contributed by atoms with Crippen LogP contribution in [0.4, 0.5) is 0 Å². The van der Waals surface area contributed by atoms with E-state index in [9.17, 15) is 4.79 Å². The lowest BCUT2D eigenvalue weighted by atomic mass is 9.82. The van der Waals surface area contributed by atoms with Gasteiger partial charge < -0.3 is 15.7 Å². The smallest absolute Gasteiger partial charge is 0.220 e. The number of carbonyl (C=O) groups is 1. The first kappa shape index (κ1) is 17.7. The molecule has 0 bridgehead atoms. The van der Waals surface area contributed by atoms with Gasteiger partial charge in [0.25, 0.3) is 0 Å². The lowest BCUT2D eigenvalue weighted by Gasteiger charge is -2.28. The molecular weight excluding hydrogens is 276 g/mol. The molecule has 1 saturated heterocycles. The molecule has 118 valence electrons. The van der Waals surface area contributed by atoms with Gasteiger partial charge >= 0.3 is 0 Å². The minimum Gasteiger partial charge on any atom is -0.396 e. The molecule has 0 radical (unpaired) electrons. The third-order valence-electron chi connectivity index (χ3n) is 4.75. The maximum absolute atomic E-state index is 11.9. The predicted octanol–water partition coefficient (Wildman–Crippen LogP) is 1.71. The third-order valence-corrected chi connectivity index (χ3v) is 4.75. The number of hydrogen-bond donors (Lipinski definition) is 3. The molecule has 1 saturated carbocycles. The van der Waals surface area contributed by atoms with E-state index in [1.54, 1.807) is 0 Å². The van der Waals surface area contributed by atoms with E-state index < -0.39 is 0 Å². The highest BCUT2D eigenvalue weighted by Crippen LogP contribution is 2.27. The molecule has 0 atom stereocenters. The molecule has 20 heavy (non-hydrogen) atoms. The van der Waals surface area contributed by atoms with Crippen molar-refractivity contribution in [2.24, 2.45) is 17.8 Å². The van der Waals surface area contributed by atoms with Gasteiger partial charge in [-0.3, -0.25) is 4.79 Å². The lowest BCUT2D eigenvalue weighted by molar-refractivity contribution is -0.122. The van der Waals surface area contributed by atoms with Gasteiger partial charge in [-0.15, -0.1) is 12.4 Å². The average Bonchev–Trinajstić information content (AvgIpc) is 2.47. The topological polar surface area (TPSA) is 61.4 Å². The molecule has 2 aliphatic rings. The molecule has 0 aromatic heterocycles. The molecule has 0 unspecified atom stereocenters. The fourth-order valence-corrected chi connectivity index (χ4v) is 3.30. The van der Waals surface area contributed by atoms with E-state index >= 15 is 0 Å². The zero-order valence-electron chi connectivity index (χ0n) is 12.3. The number of aliphatic hydroxyl groups is 1. The lowest BCUT2D eigenvalue weighted by Crippen LogP contribution is -2.35. The molecule has 2 rings (SSSR count). The summed E-state index contributed by atoms with van der Waals surface area (Å²) in [5.74, 6) is 1.93. The van der Waals surface area contributed by atoms with E-state index in [1.165, 1.54) is 0 Å². The van der Waals surface area contributed by atoms with Crippen molar-refractivity contribution in [1.82, 2.24) is 10.6 Å². The van der Waals surface area contributed by atoms with Crippen LogP contribution in [0.2, 0.25) is 0 Å². The van der Waals surface area contributed by atoms with Gasteiger partial charge in [0, 0.05) is 19.6 Å². The fraction of sp³-hybridized carbons (Fsp3) is 0.933. The minimum atomic E-state index is 0. The highest BCUT2D eigenvalue weighted by Gasteiger charge is 2.22. The number of hydrogen-bond acceptors (Lipinski definition) is 3. The van der Waals surface area contributed by atoms with Crippen LogP contribution >= 0.6 is 12.4 Å². The van der Waals surface area contributed by atoms with Gasteiger partial charge in [0.15, 0.2) is 0 Å². The molecule has 1 aliphatic heterocycles. The Labute approximate surface area is 128 Å². The van der Waals surface area contributed by atoms with Crippen molar-refractivity contribution < 1.29 is 9.90 Å². The van der Waals surface area contributed by atoms with Gasteiger partial charge in [0.2, 0.25) is 5.91 Å².